The molecule has 0 aliphatic carbocycles. The van der Waals surface area contributed by atoms with Crippen molar-refractivity contribution in [3.63, 3.8) is 0 Å². The molecule has 1 unspecified atom stereocenters. The second-order valence-corrected chi connectivity index (χ2v) is 4.99. The van der Waals surface area contributed by atoms with E-state index in [1.54, 1.807) is 0 Å². The predicted molar refractivity (Wildman–Crippen MR) is 83.5 cm³/mol. The molecule has 0 bridgehead atoms. The number of nitrogens with one attached hydrogen (secondary N) is 1. The van der Waals surface area contributed by atoms with E-state index in [1.807, 2.05) is 60.7 Å². The number of carbonyl (C=O) groups excluding carboxylic acids is 1. The van der Waals surface area contributed by atoms with Gasteiger partial charge in [-0.15, -0.1) is 0 Å². The van der Waals surface area contributed by atoms with Gasteiger partial charge < -0.3 is 0 Å². The molecule has 3 nitrogen and oxygen atoms in total. The first-order chi connectivity index (χ1) is 10.3. The quantitative estimate of drug-likeness (QED) is 0.784. The molecule has 2 rings (SSSR count). The molecule has 0 saturated carbocycles. The summed E-state index contributed by atoms with van der Waals surface area (Å²) in [6.45, 7) is 2.45. The van der Waals surface area contributed by atoms with Crippen LogP contribution in [0.3, 0.4) is 0 Å². The fourth-order valence-corrected chi connectivity index (χ4v) is 2.26. The third-order valence-electron chi connectivity index (χ3n) is 3.35. The molecule has 1 amide bonds. The number of benzene rings is 2. The Hall–Kier alpha value is -2.13. The van der Waals surface area contributed by atoms with Crippen molar-refractivity contribution in [1.29, 1.82) is 0 Å². The van der Waals surface area contributed by atoms with Crippen LogP contribution in [0.25, 0.3) is 0 Å². The average molecular weight is 283 g/mol. The molecule has 0 radical (unpaired) electrons. The number of carbonyl (C=O) groups is 1. The molecule has 1 atom stereocenters. The van der Waals surface area contributed by atoms with E-state index in [9.17, 15) is 4.79 Å². The summed E-state index contributed by atoms with van der Waals surface area (Å²) < 4.78 is 0. The van der Waals surface area contributed by atoms with Gasteiger partial charge >= 0.3 is 0 Å². The molecule has 2 aromatic carbocycles. The van der Waals surface area contributed by atoms with Crippen molar-refractivity contribution in [3.05, 3.63) is 71.8 Å². The molecule has 3 heteroatoms. The Kier molecular flexibility index (Phi) is 5.98. The maximum Gasteiger partial charge on any atom is 0.251 e. The number of amides is 1. The molecule has 0 aliphatic heterocycles. The van der Waals surface area contributed by atoms with E-state index in [0.29, 0.717) is 6.61 Å². The molecule has 0 spiro atoms. The van der Waals surface area contributed by atoms with E-state index < -0.39 is 0 Å². The lowest BCUT2D eigenvalue weighted by atomic mass is 9.94. The number of hydrogen-bond donors (Lipinski definition) is 1. The third kappa shape index (κ3) is 4.72. The van der Waals surface area contributed by atoms with Crippen molar-refractivity contribution in [3.8, 4) is 0 Å². The van der Waals surface area contributed by atoms with Crippen LogP contribution in [0.2, 0.25) is 0 Å². The van der Waals surface area contributed by atoms with Crippen LogP contribution in [0.4, 0.5) is 0 Å². The molecule has 0 saturated heterocycles. The van der Waals surface area contributed by atoms with E-state index in [2.05, 4.69) is 12.4 Å². The van der Waals surface area contributed by atoms with Gasteiger partial charge in [-0.3, -0.25) is 9.63 Å². The monoisotopic (exact) mass is 283 g/mol. The largest absolute Gasteiger partial charge is 0.272 e. The number of hydrogen-bond acceptors (Lipinski definition) is 2. The number of hydroxylamine groups is 1. The van der Waals surface area contributed by atoms with Gasteiger partial charge in [0.15, 0.2) is 0 Å². The van der Waals surface area contributed by atoms with Gasteiger partial charge in [0.25, 0.3) is 5.91 Å². The Labute approximate surface area is 125 Å². The van der Waals surface area contributed by atoms with Gasteiger partial charge in [-0.05, 0) is 17.5 Å². The summed E-state index contributed by atoms with van der Waals surface area (Å²) in [5.41, 5.74) is 4.64. The summed E-state index contributed by atoms with van der Waals surface area (Å²) in [6, 6.07) is 19.6. The Bertz CT molecular complexity index is 540. The zero-order valence-electron chi connectivity index (χ0n) is 12.3. The fourth-order valence-electron chi connectivity index (χ4n) is 2.26. The van der Waals surface area contributed by atoms with Gasteiger partial charge in [0.05, 0.1) is 12.5 Å². The minimum atomic E-state index is -0.160. The van der Waals surface area contributed by atoms with Gasteiger partial charge in [0.1, 0.15) is 0 Å². The lowest BCUT2D eigenvalue weighted by Crippen LogP contribution is -2.29. The standard InChI is InChI=1S/C18H21NO2/c1-2-9-17(16-12-7-4-8-13-16)18(20)19-21-14-15-10-5-3-6-11-15/h3-8,10-13,17H,2,9,14H2,1H3,(H,19,20). The van der Waals surface area contributed by atoms with Crippen LogP contribution in [0, 0.1) is 0 Å². The zero-order chi connectivity index (χ0) is 14.9. The summed E-state index contributed by atoms with van der Waals surface area (Å²) in [7, 11) is 0. The second kappa shape index (κ2) is 8.22. The maximum absolute atomic E-state index is 12.3. The van der Waals surface area contributed by atoms with Crippen molar-refractivity contribution in [2.45, 2.75) is 32.3 Å². The van der Waals surface area contributed by atoms with Gasteiger partial charge in [-0.2, -0.15) is 0 Å². The summed E-state index contributed by atoms with van der Waals surface area (Å²) >= 11 is 0. The molecule has 21 heavy (non-hydrogen) atoms. The Morgan fingerprint density at radius 2 is 1.67 bits per heavy atom. The molecule has 1 N–H and O–H groups in total. The van der Waals surface area contributed by atoms with Gasteiger partial charge in [0, 0.05) is 0 Å². The van der Waals surface area contributed by atoms with Crippen LogP contribution in [0.1, 0.15) is 36.8 Å². The van der Waals surface area contributed by atoms with Gasteiger partial charge in [-0.1, -0.05) is 74.0 Å². The summed E-state index contributed by atoms with van der Waals surface area (Å²) in [5.74, 6) is -0.244. The van der Waals surface area contributed by atoms with E-state index in [1.165, 1.54) is 0 Å². The summed E-state index contributed by atoms with van der Waals surface area (Å²) in [4.78, 5) is 17.6. The third-order valence-corrected chi connectivity index (χ3v) is 3.35. The number of rotatable bonds is 7. The van der Waals surface area contributed by atoms with Crippen LogP contribution in [0.5, 0.6) is 0 Å². The Balaban J connectivity index is 1.90. The normalized spacial score (nSPS) is 11.9. The van der Waals surface area contributed by atoms with E-state index >= 15 is 0 Å². The fraction of sp³-hybridized carbons (Fsp3) is 0.278. The van der Waals surface area contributed by atoms with Crippen molar-refractivity contribution in [2.75, 3.05) is 0 Å². The van der Waals surface area contributed by atoms with Crippen molar-refractivity contribution < 1.29 is 9.63 Å². The van der Waals surface area contributed by atoms with Crippen LogP contribution in [0.15, 0.2) is 60.7 Å². The Morgan fingerprint density at radius 1 is 1.05 bits per heavy atom. The second-order valence-electron chi connectivity index (χ2n) is 4.99. The first-order valence-electron chi connectivity index (χ1n) is 7.31. The van der Waals surface area contributed by atoms with E-state index in [-0.39, 0.29) is 11.8 Å². The minimum Gasteiger partial charge on any atom is -0.272 e. The van der Waals surface area contributed by atoms with Crippen LogP contribution in [-0.2, 0) is 16.2 Å². The zero-order valence-corrected chi connectivity index (χ0v) is 12.3. The molecule has 0 aliphatic rings. The van der Waals surface area contributed by atoms with Crippen molar-refractivity contribution in [1.82, 2.24) is 5.48 Å². The first kappa shape index (κ1) is 15.3. The van der Waals surface area contributed by atoms with Crippen LogP contribution >= 0.6 is 0 Å². The SMILES string of the molecule is CCCC(C(=O)NOCc1ccccc1)c1ccccc1. The minimum absolute atomic E-state index is 0.0843. The highest BCUT2D eigenvalue weighted by atomic mass is 16.6. The molecule has 0 fully saturated rings. The summed E-state index contributed by atoms with van der Waals surface area (Å²) in [5, 5.41) is 0. The molecular weight excluding hydrogens is 262 g/mol. The van der Waals surface area contributed by atoms with Crippen LogP contribution in [-0.4, -0.2) is 5.91 Å². The first-order valence-corrected chi connectivity index (χ1v) is 7.31. The highest BCUT2D eigenvalue weighted by Crippen LogP contribution is 2.21. The lowest BCUT2D eigenvalue weighted by molar-refractivity contribution is -0.136. The van der Waals surface area contributed by atoms with Gasteiger partial charge in [-0.25, -0.2) is 5.48 Å². The maximum atomic E-state index is 12.3. The molecule has 0 aromatic heterocycles. The molecule has 0 heterocycles. The van der Waals surface area contributed by atoms with Crippen molar-refractivity contribution >= 4 is 5.91 Å². The lowest BCUT2D eigenvalue weighted by Gasteiger charge is -2.16. The molecular formula is C18H21NO2. The predicted octanol–water partition coefficient (Wildman–Crippen LogP) is 3.82. The highest BCUT2D eigenvalue weighted by molar-refractivity contribution is 5.82. The summed E-state index contributed by atoms with van der Waals surface area (Å²) in [6.07, 6.45) is 1.76. The average Bonchev–Trinajstić information content (AvgIpc) is 2.54. The highest BCUT2D eigenvalue weighted by Gasteiger charge is 2.19. The van der Waals surface area contributed by atoms with Gasteiger partial charge in [0.2, 0.25) is 0 Å². The molecule has 110 valence electrons. The topological polar surface area (TPSA) is 38.3 Å². The van der Waals surface area contributed by atoms with E-state index in [0.717, 1.165) is 24.0 Å². The smallest absolute Gasteiger partial charge is 0.251 e. The Morgan fingerprint density at radius 3 is 2.29 bits per heavy atom. The molecule has 2 aromatic rings. The van der Waals surface area contributed by atoms with Crippen LogP contribution < -0.4 is 5.48 Å². The van der Waals surface area contributed by atoms with E-state index in [4.69, 9.17) is 4.84 Å². The van der Waals surface area contributed by atoms with Crippen molar-refractivity contribution in [2.24, 2.45) is 0 Å².